The minimum Gasteiger partial charge on any atom is -0.410 e. The van der Waals surface area contributed by atoms with Crippen molar-refractivity contribution in [2.24, 2.45) is 5.16 Å². The highest BCUT2D eigenvalue weighted by atomic mass is 16.4. The van der Waals surface area contributed by atoms with Crippen LogP contribution in [0.2, 0.25) is 0 Å². The van der Waals surface area contributed by atoms with Crippen LogP contribution in [-0.4, -0.2) is 36.0 Å². The summed E-state index contributed by atoms with van der Waals surface area (Å²) in [7, 11) is 2.05. The Balaban J connectivity index is 2.74. The van der Waals surface area contributed by atoms with E-state index in [4.69, 9.17) is 5.21 Å². The van der Waals surface area contributed by atoms with Gasteiger partial charge in [0.15, 0.2) is 0 Å². The predicted octanol–water partition coefficient (Wildman–Crippen LogP) is 1.26. The molecule has 0 aromatic carbocycles. The Kier molecular flexibility index (Phi) is 3.05. The minimum absolute atomic E-state index is 0.585. The van der Waals surface area contributed by atoms with E-state index < -0.39 is 0 Å². The number of oxime groups is 1. The first-order chi connectivity index (χ1) is 5.77. The van der Waals surface area contributed by atoms with Crippen molar-refractivity contribution < 1.29 is 5.21 Å². The maximum Gasteiger partial charge on any atom is 0.106 e. The third kappa shape index (κ3) is 1.95. The lowest BCUT2D eigenvalue weighted by atomic mass is 10.1. The fourth-order valence-electron chi connectivity index (χ4n) is 1.32. The second-order valence-corrected chi connectivity index (χ2v) is 2.95. The molecule has 1 aliphatic heterocycles. The van der Waals surface area contributed by atoms with Gasteiger partial charge in [-0.05, 0) is 25.1 Å². The second kappa shape index (κ2) is 4.07. The summed E-state index contributed by atoms with van der Waals surface area (Å²) in [5.41, 5.74) is 1.64. The Bertz CT molecular complexity index is 231. The lowest BCUT2D eigenvalue weighted by Crippen LogP contribution is -2.28. The van der Waals surface area contributed by atoms with E-state index in [0.717, 1.165) is 25.1 Å². The van der Waals surface area contributed by atoms with Crippen molar-refractivity contribution in [2.75, 3.05) is 20.1 Å². The van der Waals surface area contributed by atoms with Gasteiger partial charge in [-0.25, -0.2) is 0 Å². The molecule has 0 unspecified atom stereocenters. The molecule has 0 fully saturated rings. The molecule has 1 N–H and O–H groups in total. The summed E-state index contributed by atoms with van der Waals surface area (Å²) in [6.45, 7) is 5.49. The minimum atomic E-state index is 0.585. The summed E-state index contributed by atoms with van der Waals surface area (Å²) in [6.07, 6.45) is 4.68. The van der Waals surface area contributed by atoms with Gasteiger partial charge in [-0.2, -0.15) is 0 Å². The first kappa shape index (κ1) is 9.00. The molecule has 0 atom stereocenters. The normalized spacial score (nSPS) is 20.4. The van der Waals surface area contributed by atoms with Crippen LogP contribution in [0.25, 0.3) is 0 Å². The molecule has 0 aromatic heterocycles. The molecule has 12 heavy (non-hydrogen) atoms. The van der Waals surface area contributed by atoms with Crippen LogP contribution in [0.15, 0.2) is 29.5 Å². The fourth-order valence-corrected chi connectivity index (χ4v) is 1.32. The molecule has 0 bridgehead atoms. The molecule has 1 heterocycles. The monoisotopic (exact) mass is 166 g/mol. The third-order valence-electron chi connectivity index (χ3n) is 1.97. The predicted molar refractivity (Wildman–Crippen MR) is 49.6 cm³/mol. The molecule has 1 rings (SSSR count). The van der Waals surface area contributed by atoms with Gasteiger partial charge in [-0.15, -0.1) is 0 Å². The molecule has 0 aromatic rings. The van der Waals surface area contributed by atoms with Crippen LogP contribution in [0.5, 0.6) is 0 Å². The molecular formula is C9H14N2O. The van der Waals surface area contributed by atoms with Gasteiger partial charge in [0.25, 0.3) is 0 Å². The molecule has 3 heteroatoms. The Labute approximate surface area is 72.7 Å². The highest BCUT2D eigenvalue weighted by Gasteiger charge is 2.11. The van der Waals surface area contributed by atoms with Gasteiger partial charge in [-0.1, -0.05) is 17.8 Å². The van der Waals surface area contributed by atoms with Crippen LogP contribution >= 0.6 is 0 Å². The van der Waals surface area contributed by atoms with Gasteiger partial charge in [-0.3, -0.25) is 0 Å². The van der Waals surface area contributed by atoms with Crippen LogP contribution in [0, 0.1) is 0 Å². The van der Waals surface area contributed by atoms with Gasteiger partial charge in [0, 0.05) is 13.1 Å². The van der Waals surface area contributed by atoms with Crippen LogP contribution in [0.4, 0.5) is 0 Å². The smallest absolute Gasteiger partial charge is 0.106 e. The van der Waals surface area contributed by atoms with Gasteiger partial charge in [0.05, 0.1) is 0 Å². The maximum absolute atomic E-state index is 8.62. The Morgan fingerprint density at radius 3 is 3.08 bits per heavy atom. The topological polar surface area (TPSA) is 35.8 Å². The first-order valence-electron chi connectivity index (χ1n) is 4.00. The molecule has 0 saturated heterocycles. The van der Waals surface area contributed by atoms with E-state index in [1.54, 1.807) is 6.08 Å². The molecule has 66 valence electrons. The number of rotatable bonds is 2. The Morgan fingerprint density at radius 1 is 1.83 bits per heavy atom. The van der Waals surface area contributed by atoms with E-state index in [2.05, 4.69) is 22.7 Å². The third-order valence-corrected chi connectivity index (χ3v) is 1.97. The van der Waals surface area contributed by atoms with E-state index in [1.165, 1.54) is 0 Å². The summed E-state index contributed by atoms with van der Waals surface area (Å²) in [5.74, 6) is 0. The van der Waals surface area contributed by atoms with Crippen LogP contribution in [0.3, 0.4) is 0 Å². The maximum atomic E-state index is 8.62. The zero-order valence-corrected chi connectivity index (χ0v) is 7.32. The summed E-state index contributed by atoms with van der Waals surface area (Å²) in [5, 5.41) is 11.8. The summed E-state index contributed by atoms with van der Waals surface area (Å²) in [4.78, 5) is 2.18. The van der Waals surface area contributed by atoms with E-state index in [-0.39, 0.29) is 0 Å². The fraction of sp³-hybridized carbons (Fsp3) is 0.444. The van der Waals surface area contributed by atoms with E-state index in [1.807, 2.05) is 7.05 Å². The molecule has 1 aliphatic rings. The second-order valence-electron chi connectivity index (χ2n) is 2.95. The van der Waals surface area contributed by atoms with Gasteiger partial charge < -0.3 is 10.1 Å². The zero-order chi connectivity index (χ0) is 8.97. The highest BCUT2D eigenvalue weighted by molar-refractivity contribution is 6.08. The average molecular weight is 166 g/mol. The van der Waals surface area contributed by atoms with E-state index in [0.29, 0.717) is 5.71 Å². The van der Waals surface area contributed by atoms with Crippen molar-refractivity contribution >= 4 is 5.71 Å². The molecule has 0 aliphatic carbocycles. The summed E-state index contributed by atoms with van der Waals surface area (Å²) < 4.78 is 0. The number of hydrogen-bond donors (Lipinski definition) is 1. The SMILES string of the molecule is C=CC(=NO)C1=CCCN(C)C1. The standard InChI is InChI=1S/C9H14N2O/c1-3-9(10-12)8-5-4-6-11(2)7-8/h3,5,12H,1,4,6-7H2,2H3. The molecular weight excluding hydrogens is 152 g/mol. The van der Waals surface area contributed by atoms with Crippen molar-refractivity contribution in [1.82, 2.24) is 4.90 Å². The first-order valence-corrected chi connectivity index (χ1v) is 4.00. The van der Waals surface area contributed by atoms with Crippen LogP contribution < -0.4 is 0 Å². The van der Waals surface area contributed by atoms with Gasteiger partial charge in [0.1, 0.15) is 5.71 Å². The zero-order valence-electron chi connectivity index (χ0n) is 7.32. The Hall–Kier alpha value is -1.09. The highest BCUT2D eigenvalue weighted by Crippen LogP contribution is 2.09. The van der Waals surface area contributed by atoms with E-state index >= 15 is 0 Å². The summed E-state index contributed by atoms with van der Waals surface area (Å²) in [6, 6.07) is 0. The number of likely N-dealkylation sites (N-methyl/N-ethyl adjacent to an activating group) is 1. The summed E-state index contributed by atoms with van der Waals surface area (Å²) >= 11 is 0. The molecule has 0 amide bonds. The molecule has 3 nitrogen and oxygen atoms in total. The van der Waals surface area contributed by atoms with Crippen molar-refractivity contribution in [1.29, 1.82) is 0 Å². The number of allylic oxidation sites excluding steroid dienone is 1. The van der Waals surface area contributed by atoms with Gasteiger partial charge in [0.2, 0.25) is 0 Å². The molecule has 0 radical (unpaired) electrons. The molecule has 0 spiro atoms. The van der Waals surface area contributed by atoms with Gasteiger partial charge >= 0.3 is 0 Å². The molecule has 0 saturated carbocycles. The lowest BCUT2D eigenvalue weighted by molar-refractivity contribution is 0.317. The van der Waals surface area contributed by atoms with Crippen molar-refractivity contribution in [3.63, 3.8) is 0 Å². The Morgan fingerprint density at radius 2 is 2.58 bits per heavy atom. The number of hydrogen-bond acceptors (Lipinski definition) is 3. The largest absolute Gasteiger partial charge is 0.410 e. The number of nitrogens with zero attached hydrogens (tertiary/aromatic N) is 2. The van der Waals surface area contributed by atoms with Crippen LogP contribution in [-0.2, 0) is 0 Å². The quantitative estimate of drug-likeness (QED) is 0.381. The van der Waals surface area contributed by atoms with Crippen molar-refractivity contribution in [3.8, 4) is 0 Å². The average Bonchev–Trinajstić information content (AvgIpc) is 2.07. The van der Waals surface area contributed by atoms with E-state index in [9.17, 15) is 0 Å². The van der Waals surface area contributed by atoms with Crippen molar-refractivity contribution in [3.05, 3.63) is 24.3 Å². The lowest BCUT2D eigenvalue weighted by Gasteiger charge is -2.22. The van der Waals surface area contributed by atoms with Crippen molar-refractivity contribution in [2.45, 2.75) is 6.42 Å². The van der Waals surface area contributed by atoms with Crippen LogP contribution in [0.1, 0.15) is 6.42 Å².